The van der Waals surface area contributed by atoms with Crippen LogP contribution in [0.25, 0.3) is 0 Å². The average molecular weight is 234 g/mol. The van der Waals surface area contributed by atoms with Crippen molar-refractivity contribution in [2.75, 3.05) is 55.1 Å². The molecule has 16 heavy (non-hydrogen) atoms. The number of nitrogens with zero attached hydrogens (tertiary/aromatic N) is 1. The highest BCUT2D eigenvalue weighted by Crippen LogP contribution is 2.15. The van der Waals surface area contributed by atoms with Crippen LogP contribution in [0.3, 0.4) is 0 Å². The van der Waals surface area contributed by atoms with E-state index in [4.69, 9.17) is 14.2 Å². The zero-order valence-electron chi connectivity index (χ0n) is 11.2. The molecule has 98 valence electrons. The summed E-state index contributed by atoms with van der Waals surface area (Å²) < 4.78 is 15.6. The van der Waals surface area contributed by atoms with Crippen molar-refractivity contribution < 1.29 is 14.2 Å². The fraction of sp³-hybridized carbons (Fsp3) is 1.00. The summed E-state index contributed by atoms with van der Waals surface area (Å²) in [4.78, 5) is 2.17. The van der Waals surface area contributed by atoms with E-state index in [1.807, 2.05) is 0 Å². The molecule has 0 bridgehead atoms. The van der Waals surface area contributed by atoms with E-state index in [1.165, 1.54) is 0 Å². The molecule has 0 unspecified atom stereocenters. The van der Waals surface area contributed by atoms with Crippen molar-refractivity contribution in [2.24, 2.45) is 0 Å². The lowest BCUT2D eigenvalue weighted by Gasteiger charge is -2.28. The lowest BCUT2D eigenvalue weighted by atomic mass is 10.3. The minimum absolute atomic E-state index is 0.665. The molecule has 0 heterocycles. The first kappa shape index (κ1) is 15.8. The molecular formula is C11H26N2O3. The lowest BCUT2D eigenvalue weighted by molar-refractivity contribution is -0.354. The van der Waals surface area contributed by atoms with Crippen LogP contribution in [0, 0.1) is 0 Å². The second-order valence-corrected chi connectivity index (χ2v) is 3.95. The van der Waals surface area contributed by atoms with E-state index in [9.17, 15) is 0 Å². The predicted octanol–water partition coefficient (Wildman–Crippen LogP) is 0.511. The first-order valence-electron chi connectivity index (χ1n) is 5.61. The van der Waals surface area contributed by atoms with Gasteiger partial charge in [-0.3, -0.25) is 0 Å². The average Bonchev–Trinajstić information content (AvgIpc) is 2.29. The Labute approximate surface area is 99.0 Å². The minimum Gasteiger partial charge on any atom is -0.331 e. The van der Waals surface area contributed by atoms with Gasteiger partial charge in [-0.05, 0) is 33.6 Å². The third-order valence-corrected chi connectivity index (χ3v) is 2.50. The molecule has 5 heteroatoms. The molecule has 0 amide bonds. The first-order chi connectivity index (χ1) is 7.60. The topological polar surface area (TPSA) is 43.0 Å². The molecular weight excluding hydrogens is 208 g/mol. The molecule has 0 aromatic rings. The normalized spacial score (nSPS) is 12.4. The van der Waals surface area contributed by atoms with Gasteiger partial charge in [0.25, 0.3) is 5.97 Å². The quantitative estimate of drug-likeness (QED) is 0.441. The van der Waals surface area contributed by atoms with Crippen LogP contribution >= 0.6 is 0 Å². The maximum atomic E-state index is 5.19. The van der Waals surface area contributed by atoms with Crippen molar-refractivity contribution in [1.82, 2.24) is 10.2 Å². The molecule has 0 atom stereocenters. The van der Waals surface area contributed by atoms with Crippen molar-refractivity contribution >= 4 is 0 Å². The van der Waals surface area contributed by atoms with Crippen LogP contribution in [0.15, 0.2) is 0 Å². The van der Waals surface area contributed by atoms with Crippen LogP contribution in [-0.4, -0.2) is 65.9 Å². The van der Waals surface area contributed by atoms with Gasteiger partial charge in [0.2, 0.25) is 0 Å². The number of rotatable bonds is 10. The highest BCUT2D eigenvalue weighted by atomic mass is 16.9. The summed E-state index contributed by atoms with van der Waals surface area (Å²) in [7, 11) is 8.90. The van der Waals surface area contributed by atoms with E-state index in [0.717, 1.165) is 26.1 Å². The van der Waals surface area contributed by atoms with Crippen LogP contribution in [0.1, 0.15) is 12.8 Å². The summed E-state index contributed by atoms with van der Waals surface area (Å²) in [5.41, 5.74) is 0. The molecule has 0 radical (unpaired) electrons. The molecule has 0 aliphatic heterocycles. The monoisotopic (exact) mass is 234 g/mol. The summed E-state index contributed by atoms with van der Waals surface area (Å²) in [5.74, 6) is -0.908. The maximum Gasteiger partial charge on any atom is 0.283 e. The van der Waals surface area contributed by atoms with Crippen LogP contribution in [0.4, 0.5) is 0 Å². The summed E-state index contributed by atoms with van der Waals surface area (Å²) in [6, 6.07) is 0. The fourth-order valence-corrected chi connectivity index (χ4v) is 1.44. The van der Waals surface area contributed by atoms with E-state index in [-0.39, 0.29) is 0 Å². The molecule has 0 rings (SSSR count). The van der Waals surface area contributed by atoms with Crippen LogP contribution in [0.5, 0.6) is 0 Å². The van der Waals surface area contributed by atoms with Crippen molar-refractivity contribution in [3.8, 4) is 0 Å². The smallest absolute Gasteiger partial charge is 0.283 e. The Hall–Kier alpha value is -0.200. The predicted molar refractivity (Wildman–Crippen MR) is 64.4 cm³/mol. The van der Waals surface area contributed by atoms with Gasteiger partial charge in [-0.1, -0.05) is 0 Å². The maximum absolute atomic E-state index is 5.19. The largest absolute Gasteiger partial charge is 0.331 e. The summed E-state index contributed by atoms with van der Waals surface area (Å²) in [5, 5.41) is 3.33. The fourth-order valence-electron chi connectivity index (χ4n) is 1.44. The summed E-state index contributed by atoms with van der Waals surface area (Å²) >= 11 is 0. The van der Waals surface area contributed by atoms with Gasteiger partial charge in [0.15, 0.2) is 0 Å². The first-order valence-corrected chi connectivity index (χ1v) is 5.61. The van der Waals surface area contributed by atoms with Crippen molar-refractivity contribution in [2.45, 2.75) is 18.8 Å². The van der Waals surface area contributed by atoms with Crippen molar-refractivity contribution in [3.63, 3.8) is 0 Å². The van der Waals surface area contributed by atoms with Crippen LogP contribution in [-0.2, 0) is 14.2 Å². The third-order valence-electron chi connectivity index (χ3n) is 2.50. The zero-order valence-corrected chi connectivity index (χ0v) is 11.2. The Balaban J connectivity index is 3.55. The van der Waals surface area contributed by atoms with Gasteiger partial charge in [-0.15, -0.1) is 0 Å². The number of hydrogen-bond acceptors (Lipinski definition) is 5. The van der Waals surface area contributed by atoms with Crippen LogP contribution < -0.4 is 5.32 Å². The molecule has 0 aromatic heterocycles. The Bertz CT molecular complexity index is 153. The Morgan fingerprint density at radius 1 is 1.00 bits per heavy atom. The summed E-state index contributed by atoms with van der Waals surface area (Å²) in [6.45, 7) is 2.89. The highest BCUT2D eigenvalue weighted by Gasteiger charge is 2.28. The standard InChI is InChI=1S/C11H26N2O3/c1-13(2)10-6-8-12-9-7-11(14-3,15-4)16-5/h12H,6-10H2,1-5H3. The third kappa shape index (κ3) is 6.40. The zero-order chi connectivity index (χ0) is 12.4. The van der Waals surface area contributed by atoms with E-state index >= 15 is 0 Å². The molecule has 0 spiro atoms. The molecule has 5 nitrogen and oxygen atoms in total. The van der Waals surface area contributed by atoms with Crippen LogP contribution in [0.2, 0.25) is 0 Å². The highest BCUT2D eigenvalue weighted by molar-refractivity contribution is 4.59. The number of ether oxygens (including phenoxy) is 3. The molecule has 0 saturated heterocycles. The van der Waals surface area contributed by atoms with Gasteiger partial charge in [0, 0.05) is 34.3 Å². The molecule has 0 aliphatic rings. The molecule has 1 N–H and O–H groups in total. The van der Waals surface area contributed by atoms with Gasteiger partial charge < -0.3 is 24.4 Å². The second kappa shape index (κ2) is 8.90. The number of nitrogens with one attached hydrogen (secondary N) is 1. The van der Waals surface area contributed by atoms with E-state index in [2.05, 4.69) is 24.3 Å². The molecule has 0 aliphatic carbocycles. The van der Waals surface area contributed by atoms with E-state index in [0.29, 0.717) is 6.42 Å². The summed E-state index contributed by atoms with van der Waals surface area (Å²) in [6.07, 6.45) is 1.80. The van der Waals surface area contributed by atoms with Gasteiger partial charge in [0.1, 0.15) is 0 Å². The van der Waals surface area contributed by atoms with E-state index in [1.54, 1.807) is 21.3 Å². The molecule has 0 saturated carbocycles. The van der Waals surface area contributed by atoms with E-state index < -0.39 is 5.97 Å². The van der Waals surface area contributed by atoms with Gasteiger partial charge in [-0.2, -0.15) is 0 Å². The SMILES string of the molecule is COC(CCNCCCN(C)C)(OC)OC. The Kier molecular flexibility index (Phi) is 8.78. The number of hydrogen-bond donors (Lipinski definition) is 1. The van der Waals surface area contributed by atoms with Crippen molar-refractivity contribution in [1.29, 1.82) is 0 Å². The Morgan fingerprint density at radius 3 is 2.00 bits per heavy atom. The van der Waals surface area contributed by atoms with Gasteiger partial charge >= 0.3 is 0 Å². The van der Waals surface area contributed by atoms with Gasteiger partial charge in [-0.25, -0.2) is 0 Å². The minimum atomic E-state index is -0.908. The molecule has 0 aromatic carbocycles. The lowest BCUT2D eigenvalue weighted by Crippen LogP contribution is -2.39. The second-order valence-electron chi connectivity index (χ2n) is 3.95. The van der Waals surface area contributed by atoms with Gasteiger partial charge in [0.05, 0.1) is 0 Å². The molecule has 0 fully saturated rings. The number of methoxy groups -OCH3 is 3. The Morgan fingerprint density at radius 2 is 1.56 bits per heavy atom. The van der Waals surface area contributed by atoms with Crippen molar-refractivity contribution in [3.05, 3.63) is 0 Å².